The summed E-state index contributed by atoms with van der Waals surface area (Å²) in [5.74, 6) is -0.895. The third-order valence-corrected chi connectivity index (χ3v) is 6.72. The summed E-state index contributed by atoms with van der Waals surface area (Å²) in [6.07, 6.45) is 0.592. The Hall–Kier alpha value is -2.85. The first-order valence-corrected chi connectivity index (χ1v) is 11.8. The maximum Gasteiger partial charge on any atom is 0.347 e. The van der Waals surface area contributed by atoms with Crippen LogP contribution in [0, 0.1) is 0 Å². The summed E-state index contributed by atoms with van der Waals surface area (Å²) in [6.45, 7) is 5.65. The molecule has 1 N–H and O–H groups in total. The molecule has 0 saturated carbocycles. The largest absolute Gasteiger partial charge is 0.490 e. The molecule has 0 radical (unpaired) electrons. The summed E-state index contributed by atoms with van der Waals surface area (Å²) in [7, 11) is 0. The second-order valence-corrected chi connectivity index (χ2v) is 8.43. The first kappa shape index (κ1) is 24.8. The Labute approximate surface area is 208 Å². The Morgan fingerprint density at radius 3 is 2.45 bits per heavy atom. The molecule has 0 unspecified atom stereocenters. The molecule has 0 spiro atoms. The standard InChI is InChI=1S/C23H22Br2N2O6/c1-4-31-17-12-14(18(24)19(25)20(17)33-13(3)23(30)32-5-2)11-16-21(28)26-27(22(16)29)15-9-7-6-8-10-15/h6-13H,4-5H2,1-3H3,(H,26,28)/b16-11-/t13-/m0/s1. The molecular formula is C23H22Br2N2O6. The second-order valence-electron chi connectivity index (χ2n) is 6.84. The van der Waals surface area contributed by atoms with E-state index in [0.29, 0.717) is 38.3 Å². The van der Waals surface area contributed by atoms with E-state index < -0.39 is 23.9 Å². The second kappa shape index (κ2) is 10.8. The Balaban J connectivity index is 1.98. The maximum absolute atomic E-state index is 12.9. The van der Waals surface area contributed by atoms with Crippen molar-refractivity contribution in [3.63, 3.8) is 0 Å². The van der Waals surface area contributed by atoms with E-state index in [2.05, 4.69) is 37.3 Å². The lowest BCUT2D eigenvalue weighted by Crippen LogP contribution is -2.35. The van der Waals surface area contributed by atoms with Crippen LogP contribution in [0.3, 0.4) is 0 Å². The number of amides is 2. The molecule has 1 saturated heterocycles. The van der Waals surface area contributed by atoms with E-state index >= 15 is 0 Å². The molecule has 2 aromatic rings. The highest BCUT2D eigenvalue weighted by Gasteiger charge is 2.35. The SMILES string of the molecule is CCOC(=O)[C@H](C)Oc1c(OCC)cc(/C=C2/C(=O)NN(c3ccccc3)C2=O)c(Br)c1Br. The molecule has 1 heterocycles. The van der Waals surface area contributed by atoms with Gasteiger partial charge < -0.3 is 14.2 Å². The van der Waals surface area contributed by atoms with Crippen LogP contribution in [-0.4, -0.2) is 37.1 Å². The molecule has 0 aliphatic carbocycles. The number of para-hydroxylation sites is 1. The number of hydrogen-bond acceptors (Lipinski definition) is 6. The van der Waals surface area contributed by atoms with Gasteiger partial charge in [0.25, 0.3) is 11.8 Å². The van der Waals surface area contributed by atoms with Crippen molar-refractivity contribution in [2.45, 2.75) is 26.9 Å². The van der Waals surface area contributed by atoms with Crippen molar-refractivity contribution in [1.82, 2.24) is 5.43 Å². The van der Waals surface area contributed by atoms with Gasteiger partial charge in [-0.15, -0.1) is 0 Å². The molecule has 174 valence electrons. The van der Waals surface area contributed by atoms with Crippen molar-refractivity contribution in [2.24, 2.45) is 0 Å². The summed E-state index contributed by atoms with van der Waals surface area (Å²) in [6, 6.07) is 10.4. The van der Waals surface area contributed by atoms with Gasteiger partial charge in [-0.1, -0.05) is 18.2 Å². The predicted molar refractivity (Wildman–Crippen MR) is 130 cm³/mol. The van der Waals surface area contributed by atoms with Crippen LogP contribution in [0.5, 0.6) is 11.5 Å². The number of esters is 1. The molecule has 2 aromatic carbocycles. The third kappa shape index (κ3) is 5.39. The van der Waals surface area contributed by atoms with Crippen LogP contribution >= 0.6 is 31.9 Å². The van der Waals surface area contributed by atoms with Crippen molar-refractivity contribution in [2.75, 3.05) is 18.2 Å². The number of anilines is 1. The van der Waals surface area contributed by atoms with Gasteiger partial charge in [0.2, 0.25) is 0 Å². The maximum atomic E-state index is 12.9. The minimum Gasteiger partial charge on any atom is -0.490 e. The van der Waals surface area contributed by atoms with Crippen LogP contribution in [0.25, 0.3) is 6.08 Å². The van der Waals surface area contributed by atoms with Gasteiger partial charge in [-0.25, -0.2) is 9.80 Å². The molecule has 10 heteroatoms. The van der Waals surface area contributed by atoms with Gasteiger partial charge in [0.1, 0.15) is 5.57 Å². The van der Waals surface area contributed by atoms with Crippen LogP contribution in [0.15, 0.2) is 50.9 Å². The third-order valence-electron chi connectivity index (χ3n) is 4.57. The fourth-order valence-corrected chi connectivity index (χ4v) is 3.97. The number of halogens is 2. The van der Waals surface area contributed by atoms with Crippen LogP contribution in [0.1, 0.15) is 26.3 Å². The van der Waals surface area contributed by atoms with Gasteiger partial charge in [0, 0.05) is 4.47 Å². The van der Waals surface area contributed by atoms with E-state index in [1.807, 2.05) is 6.07 Å². The van der Waals surface area contributed by atoms with Crippen LogP contribution in [0.4, 0.5) is 5.69 Å². The zero-order chi connectivity index (χ0) is 24.1. The Morgan fingerprint density at radius 2 is 1.82 bits per heavy atom. The zero-order valence-electron chi connectivity index (χ0n) is 18.2. The minimum atomic E-state index is -0.877. The normalized spacial score (nSPS) is 15.4. The number of ether oxygens (including phenoxy) is 3. The first-order valence-electron chi connectivity index (χ1n) is 10.2. The lowest BCUT2D eigenvalue weighted by Gasteiger charge is -2.19. The molecule has 3 rings (SSSR count). The molecule has 1 aliphatic heterocycles. The number of hydrogen-bond donors (Lipinski definition) is 1. The van der Waals surface area contributed by atoms with Gasteiger partial charge >= 0.3 is 5.97 Å². The van der Waals surface area contributed by atoms with E-state index in [0.717, 1.165) is 0 Å². The van der Waals surface area contributed by atoms with Crippen molar-refractivity contribution in [3.8, 4) is 11.5 Å². The van der Waals surface area contributed by atoms with Gasteiger partial charge in [-0.2, -0.15) is 0 Å². The van der Waals surface area contributed by atoms with Crippen LogP contribution < -0.4 is 19.9 Å². The van der Waals surface area contributed by atoms with E-state index in [9.17, 15) is 14.4 Å². The van der Waals surface area contributed by atoms with Gasteiger partial charge in [0.05, 0.1) is 23.4 Å². The highest BCUT2D eigenvalue weighted by atomic mass is 79.9. The zero-order valence-corrected chi connectivity index (χ0v) is 21.4. The van der Waals surface area contributed by atoms with Gasteiger partial charge in [-0.3, -0.25) is 15.0 Å². The number of carbonyl (C=O) groups is 3. The average molecular weight is 582 g/mol. The highest BCUT2D eigenvalue weighted by Crippen LogP contribution is 2.44. The summed E-state index contributed by atoms with van der Waals surface area (Å²) in [4.78, 5) is 37.5. The summed E-state index contributed by atoms with van der Waals surface area (Å²) in [5.41, 5.74) is 3.59. The number of rotatable bonds is 8. The monoisotopic (exact) mass is 580 g/mol. The molecule has 1 atom stereocenters. The first-order chi connectivity index (χ1) is 15.8. The van der Waals surface area contributed by atoms with E-state index in [1.165, 1.54) is 11.1 Å². The lowest BCUT2D eigenvalue weighted by atomic mass is 10.1. The molecule has 1 aliphatic rings. The fourth-order valence-electron chi connectivity index (χ4n) is 3.04. The van der Waals surface area contributed by atoms with E-state index in [1.54, 1.807) is 51.1 Å². The van der Waals surface area contributed by atoms with Crippen LogP contribution in [0.2, 0.25) is 0 Å². The number of hydrazine groups is 1. The molecule has 1 fully saturated rings. The van der Waals surface area contributed by atoms with E-state index in [4.69, 9.17) is 14.2 Å². The Kier molecular flexibility index (Phi) is 8.15. The Bertz CT molecular complexity index is 1100. The molecule has 0 bridgehead atoms. The smallest absolute Gasteiger partial charge is 0.347 e. The highest BCUT2D eigenvalue weighted by molar-refractivity contribution is 9.13. The molecule has 8 nitrogen and oxygen atoms in total. The van der Waals surface area contributed by atoms with Crippen molar-refractivity contribution < 1.29 is 28.6 Å². The number of nitrogens with one attached hydrogen (secondary N) is 1. The average Bonchev–Trinajstić information content (AvgIpc) is 3.08. The topological polar surface area (TPSA) is 94.2 Å². The van der Waals surface area contributed by atoms with Crippen molar-refractivity contribution in [1.29, 1.82) is 0 Å². The summed E-state index contributed by atoms with van der Waals surface area (Å²) >= 11 is 6.95. The molecular weight excluding hydrogens is 560 g/mol. The Morgan fingerprint density at radius 1 is 1.12 bits per heavy atom. The minimum absolute atomic E-state index is 0.0394. The molecule has 2 amide bonds. The lowest BCUT2D eigenvalue weighted by molar-refractivity contribution is -0.150. The summed E-state index contributed by atoms with van der Waals surface area (Å²) < 4.78 is 17.5. The quantitative estimate of drug-likeness (QED) is 0.282. The molecule has 0 aromatic heterocycles. The number of carbonyl (C=O) groups excluding carboxylic acids is 3. The summed E-state index contributed by atoms with van der Waals surface area (Å²) in [5, 5.41) is 1.19. The predicted octanol–water partition coefficient (Wildman–Crippen LogP) is 4.40. The number of nitrogens with zero attached hydrogens (tertiary/aromatic N) is 1. The van der Waals surface area contributed by atoms with Gasteiger partial charge in [0.15, 0.2) is 17.6 Å². The number of benzene rings is 2. The van der Waals surface area contributed by atoms with Crippen molar-refractivity contribution in [3.05, 3.63) is 56.5 Å². The van der Waals surface area contributed by atoms with Gasteiger partial charge in [-0.05, 0) is 82.5 Å². The molecule has 33 heavy (non-hydrogen) atoms. The van der Waals surface area contributed by atoms with E-state index in [-0.39, 0.29) is 12.2 Å². The van der Waals surface area contributed by atoms with Crippen molar-refractivity contribution >= 4 is 61.4 Å². The van der Waals surface area contributed by atoms with Crippen LogP contribution in [-0.2, 0) is 19.1 Å². The fraction of sp³-hybridized carbons (Fsp3) is 0.261.